The Hall–Kier alpha value is -4.59. The predicted molar refractivity (Wildman–Crippen MR) is 163 cm³/mol. The van der Waals surface area contributed by atoms with Gasteiger partial charge in [-0.15, -0.1) is 0 Å². The van der Waals surface area contributed by atoms with E-state index in [0.29, 0.717) is 0 Å². The lowest BCUT2D eigenvalue weighted by Crippen LogP contribution is -2.26. The zero-order valence-corrected chi connectivity index (χ0v) is 21.9. The molecule has 0 radical (unpaired) electrons. The molecule has 2 aliphatic rings. The van der Waals surface area contributed by atoms with Crippen LogP contribution in [0.25, 0.3) is 44.2 Å². The number of rotatable bonds is 3. The Labute approximate surface area is 232 Å². The van der Waals surface area contributed by atoms with Crippen molar-refractivity contribution in [3.8, 4) is 11.1 Å². The molecule has 0 saturated heterocycles. The van der Waals surface area contributed by atoms with Crippen molar-refractivity contribution >= 4 is 44.7 Å². The van der Waals surface area contributed by atoms with Gasteiger partial charge in [0.15, 0.2) is 0 Å². The molecule has 1 unspecified atom stereocenters. The number of halogens is 1. The summed E-state index contributed by atoms with van der Waals surface area (Å²) in [5.41, 5.74) is 12.4. The Morgan fingerprint density at radius 2 is 1.36 bits per heavy atom. The molecule has 0 amide bonds. The van der Waals surface area contributed by atoms with Crippen LogP contribution in [0, 0.1) is 0 Å². The van der Waals surface area contributed by atoms with Crippen LogP contribution in [-0.4, -0.2) is 0 Å². The fraction of sp³-hybridized carbons (Fsp3) is 0.0270. The minimum absolute atomic E-state index is 0.510. The molecule has 5 aromatic carbocycles. The van der Waals surface area contributed by atoms with Crippen molar-refractivity contribution < 1.29 is 4.42 Å². The van der Waals surface area contributed by atoms with Crippen molar-refractivity contribution in [3.05, 3.63) is 167 Å². The molecule has 8 rings (SSSR count). The smallest absolute Gasteiger partial charge is 0.143 e. The molecule has 1 nitrogen and oxygen atoms in total. The molecule has 39 heavy (non-hydrogen) atoms. The molecule has 2 heteroatoms. The number of para-hydroxylation sites is 1. The first kappa shape index (κ1) is 22.4. The number of fused-ring (bicyclic) bond motifs is 11. The first-order valence-electron chi connectivity index (χ1n) is 13.2. The van der Waals surface area contributed by atoms with Crippen molar-refractivity contribution in [1.82, 2.24) is 0 Å². The van der Waals surface area contributed by atoms with Gasteiger partial charge in [0, 0.05) is 21.4 Å². The molecule has 2 aliphatic carbocycles. The molecule has 0 bridgehead atoms. The summed E-state index contributed by atoms with van der Waals surface area (Å²) in [6.45, 7) is 3.96. The number of hydrogen-bond acceptors (Lipinski definition) is 1. The highest BCUT2D eigenvalue weighted by Crippen LogP contribution is 2.65. The first-order valence-corrected chi connectivity index (χ1v) is 13.6. The SMILES string of the molecule is C=C/C=C\C1=C(c2ccc(Cl)cc2)C2(c3ccccc31)c1ccccc1-c1c2ccc2c1oc1ccccc12. The summed E-state index contributed by atoms with van der Waals surface area (Å²) >= 11 is 6.39. The number of allylic oxidation sites excluding steroid dienone is 5. The highest BCUT2D eigenvalue weighted by molar-refractivity contribution is 6.30. The lowest BCUT2D eigenvalue weighted by atomic mass is 9.68. The van der Waals surface area contributed by atoms with E-state index in [9.17, 15) is 0 Å². The molecule has 0 saturated carbocycles. The van der Waals surface area contributed by atoms with Crippen LogP contribution in [0.5, 0.6) is 0 Å². The molecule has 6 aromatic rings. The summed E-state index contributed by atoms with van der Waals surface area (Å²) in [6, 6.07) is 38.8. The number of benzene rings is 5. The van der Waals surface area contributed by atoms with Crippen LogP contribution in [-0.2, 0) is 5.41 Å². The topological polar surface area (TPSA) is 13.1 Å². The monoisotopic (exact) mass is 518 g/mol. The average Bonchev–Trinajstić information content (AvgIpc) is 3.60. The molecular weight excluding hydrogens is 496 g/mol. The normalized spacial score (nSPS) is 17.4. The quantitative estimate of drug-likeness (QED) is 0.212. The maximum atomic E-state index is 6.63. The lowest BCUT2D eigenvalue weighted by Gasteiger charge is -2.33. The maximum Gasteiger partial charge on any atom is 0.143 e. The largest absolute Gasteiger partial charge is 0.455 e. The third-order valence-corrected chi connectivity index (χ3v) is 8.60. The van der Waals surface area contributed by atoms with Crippen molar-refractivity contribution in [2.24, 2.45) is 0 Å². The molecule has 1 spiro atoms. The Bertz CT molecular complexity index is 2040. The van der Waals surface area contributed by atoms with Crippen LogP contribution in [0.15, 0.2) is 138 Å². The second kappa shape index (κ2) is 8.20. The van der Waals surface area contributed by atoms with Crippen LogP contribution in [0.3, 0.4) is 0 Å². The summed E-state index contributed by atoms with van der Waals surface area (Å²) < 4.78 is 6.63. The van der Waals surface area contributed by atoms with Gasteiger partial charge in [-0.3, -0.25) is 0 Å². The van der Waals surface area contributed by atoms with Crippen molar-refractivity contribution in [1.29, 1.82) is 0 Å². The van der Waals surface area contributed by atoms with E-state index in [-0.39, 0.29) is 0 Å². The summed E-state index contributed by atoms with van der Waals surface area (Å²) in [7, 11) is 0. The van der Waals surface area contributed by atoms with Gasteiger partial charge in [-0.05, 0) is 62.7 Å². The maximum absolute atomic E-state index is 6.63. The van der Waals surface area contributed by atoms with Crippen molar-refractivity contribution in [2.45, 2.75) is 5.41 Å². The molecule has 0 fully saturated rings. The Morgan fingerprint density at radius 3 is 2.15 bits per heavy atom. The van der Waals surface area contributed by atoms with Gasteiger partial charge in [0.2, 0.25) is 0 Å². The van der Waals surface area contributed by atoms with Crippen molar-refractivity contribution in [2.75, 3.05) is 0 Å². The van der Waals surface area contributed by atoms with Gasteiger partial charge in [0.25, 0.3) is 0 Å². The molecule has 184 valence electrons. The molecule has 1 atom stereocenters. The van der Waals surface area contributed by atoms with Gasteiger partial charge in [-0.1, -0.05) is 127 Å². The van der Waals surface area contributed by atoms with E-state index in [1.165, 1.54) is 44.5 Å². The molecular formula is C37H23ClO. The second-order valence-corrected chi connectivity index (χ2v) is 10.6. The second-order valence-electron chi connectivity index (χ2n) is 10.2. The first-order chi connectivity index (χ1) is 19.2. The van der Waals surface area contributed by atoms with Crippen LogP contribution in [0.2, 0.25) is 5.02 Å². The third-order valence-electron chi connectivity index (χ3n) is 8.35. The van der Waals surface area contributed by atoms with Crippen LogP contribution < -0.4 is 0 Å². The van der Waals surface area contributed by atoms with Gasteiger partial charge in [0.05, 0.1) is 5.41 Å². The van der Waals surface area contributed by atoms with E-state index in [1.54, 1.807) is 0 Å². The molecule has 1 aromatic heterocycles. The lowest BCUT2D eigenvalue weighted by molar-refractivity contribution is 0.669. The van der Waals surface area contributed by atoms with E-state index in [2.05, 4.69) is 104 Å². The third kappa shape index (κ3) is 2.86. The summed E-state index contributed by atoms with van der Waals surface area (Å²) in [5.74, 6) is 0. The van der Waals surface area contributed by atoms with Crippen LogP contribution in [0.1, 0.15) is 27.8 Å². The van der Waals surface area contributed by atoms with Crippen LogP contribution in [0.4, 0.5) is 0 Å². The summed E-state index contributed by atoms with van der Waals surface area (Å²) in [4.78, 5) is 0. The Balaban J connectivity index is 1.59. The van der Waals surface area contributed by atoms with Gasteiger partial charge < -0.3 is 4.42 Å². The van der Waals surface area contributed by atoms with Crippen molar-refractivity contribution in [3.63, 3.8) is 0 Å². The zero-order valence-electron chi connectivity index (χ0n) is 21.1. The fourth-order valence-electron chi connectivity index (χ4n) is 6.94. The highest BCUT2D eigenvalue weighted by atomic mass is 35.5. The van der Waals surface area contributed by atoms with E-state index in [1.807, 2.05) is 30.4 Å². The average molecular weight is 519 g/mol. The number of furan rings is 1. The molecule has 0 aliphatic heterocycles. The van der Waals surface area contributed by atoms with E-state index in [0.717, 1.165) is 32.5 Å². The zero-order chi connectivity index (χ0) is 26.1. The number of hydrogen-bond donors (Lipinski definition) is 0. The Morgan fingerprint density at radius 1 is 0.667 bits per heavy atom. The molecule has 0 N–H and O–H groups in total. The minimum atomic E-state index is -0.510. The summed E-state index contributed by atoms with van der Waals surface area (Å²) in [6.07, 6.45) is 6.07. The highest BCUT2D eigenvalue weighted by Gasteiger charge is 2.53. The van der Waals surface area contributed by atoms with E-state index in [4.69, 9.17) is 16.0 Å². The summed E-state index contributed by atoms with van der Waals surface area (Å²) in [5, 5.41) is 3.01. The predicted octanol–water partition coefficient (Wildman–Crippen LogP) is 10.2. The minimum Gasteiger partial charge on any atom is -0.455 e. The molecule has 1 heterocycles. The van der Waals surface area contributed by atoms with Crippen LogP contribution >= 0.6 is 11.6 Å². The van der Waals surface area contributed by atoms with Gasteiger partial charge in [-0.2, -0.15) is 0 Å². The fourth-order valence-corrected chi connectivity index (χ4v) is 7.07. The van der Waals surface area contributed by atoms with Gasteiger partial charge >= 0.3 is 0 Å². The Kier molecular flexibility index (Phi) is 4.71. The van der Waals surface area contributed by atoms with E-state index < -0.39 is 5.41 Å². The van der Waals surface area contributed by atoms with Gasteiger partial charge in [0.1, 0.15) is 11.2 Å². The standard InChI is InChI=1S/C37H23ClO/c1-2-3-10-27-25-11-4-7-14-30(25)37(35(27)23-17-19-24(38)20-18-23)31-15-8-5-13-29(31)34-32(37)22-21-28-26-12-6-9-16-33(26)39-36(28)34/h2-22H,1H2/b10-3-. The van der Waals surface area contributed by atoms with Gasteiger partial charge in [-0.25, -0.2) is 0 Å². The van der Waals surface area contributed by atoms with E-state index >= 15 is 0 Å².